The Labute approximate surface area is 131 Å². The first-order valence-corrected chi connectivity index (χ1v) is 7.56. The standard InChI is InChI=1S/C12H15BrN2O2S.ClH/c1-17-11-3-2-8(4-9(11)13)5-14-12(16)10-6-18-7-15-10;/h2-4,10,15H,5-7H2,1H3,(H,14,16);1H. The molecule has 19 heavy (non-hydrogen) atoms. The Morgan fingerprint density at radius 1 is 1.63 bits per heavy atom. The lowest BCUT2D eigenvalue weighted by atomic mass is 10.2. The van der Waals surface area contributed by atoms with E-state index in [2.05, 4.69) is 26.6 Å². The molecule has 106 valence electrons. The maximum absolute atomic E-state index is 11.8. The lowest BCUT2D eigenvalue weighted by Crippen LogP contribution is -2.41. The number of benzene rings is 1. The van der Waals surface area contributed by atoms with Crippen molar-refractivity contribution in [3.05, 3.63) is 28.2 Å². The number of halogens is 2. The van der Waals surface area contributed by atoms with Gasteiger partial charge in [-0.15, -0.1) is 24.2 Å². The molecular weight excluding hydrogens is 352 g/mol. The Balaban J connectivity index is 0.00000180. The summed E-state index contributed by atoms with van der Waals surface area (Å²) in [6, 6.07) is 5.72. The highest BCUT2D eigenvalue weighted by atomic mass is 79.9. The number of hydrogen-bond donors (Lipinski definition) is 2. The normalized spacial score (nSPS) is 17.7. The summed E-state index contributed by atoms with van der Waals surface area (Å²) in [6.45, 7) is 0.532. The van der Waals surface area contributed by atoms with Gasteiger partial charge in [0.05, 0.1) is 17.6 Å². The van der Waals surface area contributed by atoms with Gasteiger partial charge in [0.2, 0.25) is 5.91 Å². The third kappa shape index (κ3) is 4.56. The molecule has 4 nitrogen and oxygen atoms in total. The molecule has 1 saturated heterocycles. The zero-order valence-corrected chi connectivity index (χ0v) is 13.7. The first-order valence-electron chi connectivity index (χ1n) is 5.62. The molecule has 2 rings (SSSR count). The third-order valence-electron chi connectivity index (χ3n) is 2.72. The highest BCUT2D eigenvalue weighted by Crippen LogP contribution is 2.25. The molecule has 1 aromatic carbocycles. The quantitative estimate of drug-likeness (QED) is 0.856. The van der Waals surface area contributed by atoms with Crippen LogP contribution in [-0.4, -0.2) is 30.7 Å². The summed E-state index contributed by atoms with van der Waals surface area (Å²) in [6.07, 6.45) is 0. The molecule has 0 aromatic heterocycles. The van der Waals surface area contributed by atoms with Gasteiger partial charge in [0, 0.05) is 18.2 Å². The van der Waals surface area contributed by atoms with Crippen LogP contribution < -0.4 is 15.4 Å². The van der Waals surface area contributed by atoms with Crippen LogP contribution >= 0.6 is 40.1 Å². The first-order chi connectivity index (χ1) is 8.70. The Morgan fingerprint density at radius 2 is 2.42 bits per heavy atom. The molecule has 1 aliphatic rings. The summed E-state index contributed by atoms with van der Waals surface area (Å²) in [5.74, 6) is 2.55. The number of amides is 1. The number of carbonyl (C=O) groups excluding carboxylic acids is 1. The number of ether oxygens (including phenoxy) is 1. The summed E-state index contributed by atoms with van der Waals surface area (Å²) >= 11 is 5.17. The van der Waals surface area contributed by atoms with E-state index in [0.29, 0.717) is 6.54 Å². The summed E-state index contributed by atoms with van der Waals surface area (Å²) in [7, 11) is 1.63. The van der Waals surface area contributed by atoms with Gasteiger partial charge in [-0.05, 0) is 33.6 Å². The molecule has 0 bridgehead atoms. The number of hydrogen-bond acceptors (Lipinski definition) is 4. The van der Waals surface area contributed by atoms with E-state index in [1.54, 1.807) is 18.9 Å². The topological polar surface area (TPSA) is 50.4 Å². The number of methoxy groups -OCH3 is 1. The Bertz CT molecular complexity index is 442. The molecule has 0 aliphatic carbocycles. The SMILES string of the molecule is COc1ccc(CNC(=O)C2CSCN2)cc1Br.Cl. The van der Waals surface area contributed by atoms with Crippen LogP contribution in [0.3, 0.4) is 0 Å². The monoisotopic (exact) mass is 366 g/mol. The van der Waals surface area contributed by atoms with Gasteiger partial charge in [-0.25, -0.2) is 0 Å². The molecule has 1 aliphatic heterocycles. The summed E-state index contributed by atoms with van der Waals surface area (Å²) in [5, 5.41) is 6.07. The molecule has 0 spiro atoms. The second kappa shape index (κ2) is 7.99. The van der Waals surface area contributed by atoms with Crippen molar-refractivity contribution in [3.63, 3.8) is 0 Å². The van der Waals surface area contributed by atoms with E-state index in [9.17, 15) is 4.79 Å². The molecule has 2 N–H and O–H groups in total. The van der Waals surface area contributed by atoms with Gasteiger partial charge >= 0.3 is 0 Å². The van der Waals surface area contributed by atoms with Crippen LogP contribution in [0.2, 0.25) is 0 Å². The van der Waals surface area contributed by atoms with Gasteiger partial charge in [-0.2, -0.15) is 0 Å². The molecule has 1 aromatic rings. The van der Waals surface area contributed by atoms with Gasteiger partial charge in [0.15, 0.2) is 0 Å². The van der Waals surface area contributed by atoms with E-state index < -0.39 is 0 Å². The first kappa shape index (κ1) is 16.6. The number of nitrogens with one attached hydrogen (secondary N) is 2. The largest absolute Gasteiger partial charge is 0.496 e. The maximum atomic E-state index is 11.8. The van der Waals surface area contributed by atoms with Gasteiger partial charge in [0.25, 0.3) is 0 Å². The molecule has 1 heterocycles. The molecule has 0 saturated carbocycles. The zero-order valence-electron chi connectivity index (χ0n) is 10.4. The van der Waals surface area contributed by atoms with Crippen molar-refractivity contribution in [2.75, 3.05) is 18.7 Å². The van der Waals surface area contributed by atoms with Crippen LogP contribution in [0.4, 0.5) is 0 Å². The van der Waals surface area contributed by atoms with E-state index in [1.807, 2.05) is 18.2 Å². The molecule has 1 atom stereocenters. The van der Waals surface area contributed by atoms with E-state index in [0.717, 1.165) is 27.4 Å². The Morgan fingerprint density at radius 3 is 3.00 bits per heavy atom. The Hall–Kier alpha value is -0.430. The van der Waals surface area contributed by atoms with Crippen molar-refractivity contribution in [2.45, 2.75) is 12.6 Å². The fraction of sp³-hybridized carbons (Fsp3) is 0.417. The third-order valence-corrected chi connectivity index (χ3v) is 4.28. The average molecular weight is 368 g/mol. The zero-order chi connectivity index (χ0) is 13.0. The fourth-order valence-electron chi connectivity index (χ4n) is 1.70. The molecule has 1 fully saturated rings. The van der Waals surface area contributed by atoms with Crippen LogP contribution in [0, 0.1) is 0 Å². The van der Waals surface area contributed by atoms with E-state index in [-0.39, 0.29) is 24.4 Å². The van der Waals surface area contributed by atoms with Crippen LogP contribution in [-0.2, 0) is 11.3 Å². The summed E-state index contributed by atoms with van der Waals surface area (Å²) < 4.78 is 6.05. The molecular formula is C12H16BrClN2O2S. The molecule has 1 unspecified atom stereocenters. The molecule has 0 radical (unpaired) electrons. The molecule has 1 amide bonds. The predicted molar refractivity (Wildman–Crippen MR) is 84.0 cm³/mol. The van der Waals surface area contributed by atoms with Crippen molar-refractivity contribution >= 4 is 46.0 Å². The van der Waals surface area contributed by atoms with Gasteiger partial charge < -0.3 is 10.1 Å². The number of thioether (sulfide) groups is 1. The number of rotatable bonds is 4. The predicted octanol–water partition coefficient (Wildman–Crippen LogP) is 2.16. The van der Waals surface area contributed by atoms with Crippen LogP contribution in [0.5, 0.6) is 5.75 Å². The van der Waals surface area contributed by atoms with E-state index in [1.165, 1.54) is 0 Å². The van der Waals surface area contributed by atoms with Crippen molar-refractivity contribution < 1.29 is 9.53 Å². The van der Waals surface area contributed by atoms with Crippen LogP contribution in [0.1, 0.15) is 5.56 Å². The highest BCUT2D eigenvalue weighted by Gasteiger charge is 2.21. The van der Waals surface area contributed by atoms with E-state index in [4.69, 9.17) is 4.74 Å². The minimum Gasteiger partial charge on any atom is -0.496 e. The number of carbonyl (C=O) groups is 1. The second-order valence-corrected chi connectivity index (χ2v) is 5.84. The van der Waals surface area contributed by atoms with Gasteiger partial charge in [-0.1, -0.05) is 6.07 Å². The van der Waals surface area contributed by atoms with Crippen molar-refractivity contribution in [1.29, 1.82) is 0 Å². The van der Waals surface area contributed by atoms with Crippen LogP contribution in [0.15, 0.2) is 22.7 Å². The van der Waals surface area contributed by atoms with Gasteiger partial charge in [-0.3, -0.25) is 10.1 Å². The van der Waals surface area contributed by atoms with Crippen molar-refractivity contribution in [2.24, 2.45) is 0 Å². The minimum absolute atomic E-state index is 0. The maximum Gasteiger partial charge on any atom is 0.238 e. The van der Waals surface area contributed by atoms with E-state index >= 15 is 0 Å². The lowest BCUT2D eigenvalue weighted by Gasteiger charge is -2.11. The Kier molecular flexibility index (Phi) is 6.99. The lowest BCUT2D eigenvalue weighted by molar-refractivity contribution is -0.122. The minimum atomic E-state index is -0.0586. The summed E-state index contributed by atoms with van der Waals surface area (Å²) in [5.41, 5.74) is 1.04. The van der Waals surface area contributed by atoms with Crippen molar-refractivity contribution in [3.8, 4) is 5.75 Å². The average Bonchev–Trinajstić information content (AvgIpc) is 2.90. The molecule has 7 heteroatoms. The smallest absolute Gasteiger partial charge is 0.238 e. The van der Waals surface area contributed by atoms with Gasteiger partial charge in [0.1, 0.15) is 5.75 Å². The van der Waals surface area contributed by atoms with Crippen molar-refractivity contribution in [1.82, 2.24) is 10.6 Å². The second-order valence-electron chi connectivity index (χ2n) is 3.96. The van der Waals surface area contributed by atoms with Crippen LogP contribution in [0.25, 0.3) is 0 Å². The summed E-state index contributed by atoms with van der Waals surface area (Å²) in [4.78, 5) is 11.8. The highest BCUT2D eigenvalue weighted by molar-refractivity contribution is 9.10. The fourth-order valence-corrected chi connectivity index (χ4v) is 3.23.